The van der Waals surface area contributed by atoms with Gasteiger partial charge < -0.3 is 24.2 Å². The van der Waals surface area contributed by atoms with E-state index in [2.05, 4.69) is 39.2 Å². The van der Waals surface area contributed by atoms with E-state index in [1.165, 1.54) is 0 Å². The lowest BCUT2D eigenvalue weighted by molar-refractivity contribution is 0.00991. The Bertz CT molecular complexity index is 539. The molecule has 0 bridgehead atoms. The minimum absolute atomic E-state index is 0.284. The van der Waals surface area contributed by atoms with Crippen LogP contribution in [0.3, 0.4) is 0 Å². The zero-order valence-corrected chi connectivity index (χ0v) is 16.5. The first-order valence-corrected chi connectivity index (χ1v) is 9.52. The lowest BCUT2D eigenvalue weighted by Crippen LogP contribution is -2.47. The van der Waals surface area contributed by atoms with Crippen molar-refractivity contribution < 1.29 is 14.0 Å². The van der Waals surface area contributed by atoms with Crippen LogP contribution in [0.4, 0.5) is 0 Å². The Kier molecular flexibility index (Phi) is 8.84. The van der Waals surface area contributed by atoms with Crippen LogP contribution in [0.25, 0.3) is 0 Å². The summed E-state index contributed by atoms with van der Waals surface area (Å²) in [7, 11) is 3.54. The van der Waals surface area contributed by atoms with E-state index in [9.17, 15) is 0 Å². The molecule has 1 aromatic rings. The van der Waals surface area contributed by atoms with Crippen LogP contribution in [0.1, 0.15) is 50.7 Å². The number of piperidine rings is 1. The van der Waals surface area contributed by atoms with E-state index in [0.717, 1.165) is 63.9 Å². The molecule has 0 amide bonds. The lowest BCUT2D eigenvalue weighted by Gasteiger charge is -2.34. The van der Waals surface area contributed by atoms with Crippen LogP contribution in [0.5, 0.6) is 0 Å². The maximum atomic E-state index is 5.91. The van der Waals surface area contributed by atoms with Gasteiger partial charge in [0.2, 0.25) is 5.89 Å². The van der Waals surface area contributed by atoms with Crippen molar-refractivity contribution in [3.05, 3.63) is 11.7 Å². The highest BCUT2D eigenvalue weighted by Gasteiger charge is 2.21. The quantitative estimate of drug-likeness (QED) is 0.405. The van der Waals surface area contributed by atoms with E-state index >= 15 is 0 Å². The van der Waals surface area contributed by atoms with Crippen LogP contribution in [0.2, 0.25) is 0 Å². The Morgan fingerprint density at radius 1 is 1.35 bits per heavy atom. The molecule has 1 aliphatic heterocycles. The fourth-order valence-electron chi connectivity index (χ4n) is 2.91. The molecule has 8 heteroatoms. The van der Waals surface area contributed by atoms with Gasteiger partial charge in [-0.1, -0.05) is 19.0 Å². The van der Waals surface area contributed by atoms with Crippen molar-refractivity contribution in [3.8, 4) is 0 Å². The van der Waals surface area contributed by atoms with Crippen molar-refractivity contribution in [3.63, 3.8) is 0 Å². The Morgan fingerprint density at radius 3 is 2.73 bits per heavy atom. The number of aliphatic imine (C=N–C) groups is 1. The number of rotatable bonds is 9. The number of hydrogen-bond donors (Lipinski definition) is 1. The Morgan fingerprint density at radius 2 is 2.12 bits per heavy atom. The number of aromatic nitrogens is 2. The van der Waals surface area contributed by atoms with E-state index in [1.54, 1.807) is 7.11 Å². The monoisotopic (exact) mass is 367 g/mol. The van der Waals surface area contributed by atoms with Crippen LogP contribution in [0, 0.1) is 0 Å². The normalized spacial score (nSPS) is 16.5. The lowest BCUT2D eigenvalue weighted by atomic mass is 10.1. The maximum absolute atomic E-state index is 5.91. The van der Waals surface area contributed by atoms with E-state index in [-0.39, 0.29) is 5.92 Å². The van der Waals surface area contributed by atoms with E-state index in [0.29, 0.717) is 18.4 Å². The molecule has 0 saturated carbocycles. The first kappa shape index (κ1) is 20.6. The van der Waals surface area contributed by atoms with Gasteiger partial charge in [0, 0.05) is 59.3 Å². The summed E-state index contributed by atoms with van der Waals surface area (Å²) in [5.74, 6) is 2.63. The predicted molar refractivity (Wildman–Crippen MR) is 100 cm³/mol. The van der Waals surface area contributed by atoms with Crippen molar-refractivity contribution in [2.24, 2.45) is 4.99 Å². The molecule has 8 nitrogen and oxygen atoms in total. The molecule has 0 spiro atoms. The van der Waals surface area contributed by atoms with Crippen LogP contribution >= 0.6 is 0 Å². The Hall–Kier alpha value is -1.67. The first-order chi connectivity index (χ1) is 12.6. The molecule has 0 atom stereocenters. The van der Waals surface area contributed by atoms with Gasteiger partial charge >= 0.3 is 0 Å². The second kappa shape index (κ2) is 11.1. The molecular weight excluding hydrogens is 334 g/mol. The fourth-order valence-corrected chi connectivity index (χ4v) is 2.91. The number of nitrogens with one attached hydrogen (secondary N) is 1. The Balaban J connectivity index is 1.67. The largest absolute Gasteiger partial charge is 0.385 e. The van der Waals surface area contributed by atoms with Gasteiger partial charge in [-0.15, -0.1) is 0 Å². The predicted octanol–water partition coefficient (Wildman–Crippen LogP) is 1.83. The average molecular weight is 367 g/mol. The molecule has 0 aromatic carbocycles. The number of ether oxygens (including phenoxy) is 2. The summed E-state index contributed by atoms with van der Waals surface area (Å²) in [6.45, 7) is 8.26. The molecule has 1 saturated heterocycles. The van der Waals surface area contributed by atoms with Gasteiger partial charge in [0.25, 0.3) is 0 Å². The van der Waals surface area contributed by atoms with Crippen LogP contribution < -0.4 is 5.32 Å². The highest BCUT2D eigenvalue weighted by atomic mass is 16.5. The summed E-state index contributed by atoms with van der Waals surface area (Å²) in [5, 5.41) is 7.38. The van der Waals surface area contributed by atoms with Crippen LogP contribution in [-0.2, 0) is 15.9 Å². The van der Waals surface area contributed by atoms with Crippen molar-refractivity contribution in [2.45, 2.75) is 51.6 Å². The van der Waals surface area contributed by atoms with Crippen LogP contribution in [0.15, 0.2) is 9.52 Å². The zero-order chi connectivity index (χ0) is 18.8. The zero-order valence-electron chi connectivity index (χ0n) is 16.5. The molecule has 1 aromatic heterocycles. The minimum Gasteiger partial charge on any atom is -0.385 e. The molecule has 1 N–H and O–H groups in total. The third kappa shape index (κ3) is 6.57. The molecule has 148 valence electrons. The molecule has 1 fully saturated rings. The molecule has 26 heavy (non-hydrogen) atoms. The van der Waals surface area contributed by atoms with Gasteiger partial charge in [0.1, 0.15) is 0 Å². The van der Waals surface area contributed by atoms with E-state index < -0.39 is 0 Å². The third-order valence-corrected chi connectivity index (χ3v) is 4.42. The van der Waals surface area contributed by atoms with E-state index in [1.807, 2.05) is 7.05 Å². The highest BCUT2D eigenvalue weighted by Crippen LogP contribution is 2.14. The molecule has 0 radical (unpaired) electrons. The Labute approximate surface area is 156 Å². The number of methoxy groups -OCH3 is 1. The summed E-state index contributed by atoms with van der Waals surface area (Å²) in [6, 6.07) is 0. The summed E-state index contributed by atoms with van der Waals surface area (Å²) < 4.78 is 16.2. The number of nitrogens with zero attached hydrogens (tertiary/aromatic N) is 4. The van der Waals surface area contributed by atoms with Crippen molar-refractivity contribution in [2.75, 3.05) is 47.0 Å². The molecule has 2 heterocycles. The van der Waals surface area contributed by atoms with E-state index in [4.69, 9.17) is 14.0 Å². The third-order valence-electron chi connectivity index (χ3n) is 4.42. The molecule has 1 aliphatic rings. The first-order valence-electron chi connectivity index (χ1n) is 9.52. The van der Waals surface area contributed by atoms with Gasteiger partial charge in [-0.3, -0.25) is 4.99 Å². The van der Waals surface area contributed by atoms with Gasteiger partial charge in [-0.05, 0) is 19.3 Å². The minimum atomic E-state index is 0.284. The van der Waals surface area contributed by atoms with Crippen molar-refractivity contribution >= 4 is 5.96 Å². The van der Waals surface area contributed by atoms with Gasteiger partial charge in [-0.2, -0.15) is 4.98 Å². The van der Waals surface area contributed by atoms with Crippen LogP contribution in [-0.4, -0.2) is 74.1 Å². The van der Waals surface area contributed by atoms with Crippen molar-refractivity contribution in [1.82, 2.24) is 20.4 Å². The van der Waals surface area contributed by atoms with Crippen molar-refractivity contribution in [1.29, 1.82) is 0 Å². The summed E-state index contributed by atoms with van der Waals surface area (Å²) in [4.78, 5) is 11.1. The van der Waals surface area contributed by atoms with Gasteiger partial charge in [0.15, 0.2) is 11.8 Å². The molecule has 2 rings (SSSR count). The molecule has 0 aliphatic carbocycles. The maximum Gasteiger partial charge on any atom is 0.228 e. The highest BCUT2D eigenvalue weighted by molar-refractivity contribution is 5.79. The average Bonchev–Trinajstić information content (AvgIpc) is 3.12. The molecular formula is C18H33N5O3. The summed E-state index contributed by atoms with van der Waals surface area (Å²) >= 11 is 0. The van der Waals surface area contributed by atoms with Gasteiger partial charge in [-0.25, -0.2) is 0 Å². The smallest absolute Gasteiger partial charge is 0.228 e. The number of hydrogen-bond acceptors (Lipinski definition) is 6. The number of likely N-dealkylation sites (tertiary alicyclic amines) is 1. The SMILES string of the molecule is CN=C(NCCc1nc(C(C)C)no1)N1CCC(OCCCOC)CC1. The summed E-state index contributed by atoms with van der Waals surface area (Å²) in [5.41, 5.74) is 0. The van der Waals surface area contributed by atoms with Gasteiger partial charge in [0.05, 0.1) is 6.10 Å². The summed E-state index contributed by atoms with van der Waals surface area (Å²) in [6.07, 6.45) is 4.03. The second-order valence-electron chi connectivity index (χ2n) is 6.83. The molecule has 0 unspecified atom stereocenters. The topological polar surface area (TPSA) is 85.0 Å². The second-order valence-corrected chi connectivity index (χ2v) is 6.83. The standard InChI is InChI=1S/C18H33N5O3/c1-14(2)17-21-16(26-22-17)6-9-20-18(19-3)23-10-7-15(8-11-23)25-13-5-12-24-4/h14-15H,5-13H2,1-4H3,(H,19,20). The fraction of sp³-hybridized carbons (Fsp3) is 0.833. The number of guanidine groups is 1.